The van der Waals surface area contributed by atoms with Gasteiger partial charge in [-0.05, 0) is 60.9 Å². The van der Waals surface area contributed by atoms with Crippen LogP contribution in [0.3, 0.4) is 0 Å². The van der Waals surface area contributed by atoms with E-state index in [1.165, 1.54) is 6.07 Å². The van der Waals surface area contributed by atoms with E-state index < -0.39 is 0 Å². The molecule has 4 heterocycles. The smallest absolute Gasteiger partial charge is 0.321 e. The van der Waals surface area contributed by atoms with E-state index >= 15 is 0 Å². The zero-order chi connectivity index (χ0) is 22.0. The van der Waals surface area contributed by atoms with Crippen molar-refractivity contribution in [2.45, 2.75) is 31.7 Å². The Morgan fingerprint density at radius 1 is 1.28 bits per heavy atom. The summed E-state index contributed by atoms with van der Waals surface area (Å²) < 4.78 is 15.7. The number of carbonyl (C=O) groups is 1. The maximum absolute atomic E-state index is 14.1. The van der Waals surface area contributed by atoms with Gasteiger partial charge in [0, 0.05) is 30.9 Å². The minimum absolute atomic E-state index is 0.122. The molecule has 2 saturated heterocycles. The average Bonchev–Trinajstić information content (AvgIpc) is 3.10. The van der Waals surface area contributed by atoms with Crippen LogP contribution in [0.1, 0.15) is 31.7 Å². The molecule has 1 aromatic carbocycles. The van der Waals surface area contributed by atoms with Crippen LogP contribution in [0.2, 0.25) is 5.02 Å². The molecule has 2 amide bonds. The van der Waals surface area contributed by atoms with Crippen LogP contribution in [0.25, 0.3) is 5.65 Å². The Bertz CT molecular complexity index is 1230. The maximum atomic E-state index is 14.1. The summed E-state index contributed by atoms with van der Waals surface area (Å²) >= 11 is 6.50. The van der Waals surface area contributed by atoms with E-state index in [4.69, 9.17) is 16.6 Å². The fourth-order valence-corrected chi connectivity index (χ4v) is 5.79. The number of piperidine rings is 1. The predicted octanol–water partition coefficient (Wildman–Crippen LogP) is 4.52. The number of rotatable bonds is 3. The number of aromatic nitrogens is 3. The Morgan fingerprint density at radius 2 is 2.16 bits per heavy atom. The molecule has 3 aromatic rings. The summed E-state index contributed by atoms with van der Waals surface area (Å²) in [5.74, 6) is 1.45. The Labute approximate surface area is 190 Å². The van der Waals surface area contributed by atoms with E-state index in [0.717, 1.165) is 50.3 Å². The average molecular weight is 455 g/mol. The topological polar surface area (TPSA) is 65.8 Å². The van der Waals surface area contributed by atoms with Gasteiger partial charge in [-0.15, -0.1) is 0 Å². The molecule has 32 heavy (non-hydrogen) atoms. The highest BCUT2D eigenvalue weighted by Gasteiger charge is 2.64. The van der Waals surface area contributed by atoms with Crippen LogP contribution in [0.5, 0.6) is 0 Å². The zero-order valence-corrected chi connectivity index (χ0v) is 18.5. The summed E-state index contributed by atoms with van der Waals surface area (Å²) in [6.45, 7) is 4.49. The molecule has 166 valence electrons. The van der Waals surface area contributed by atoms with E-state index in [2.05, 4.69) is 22.2 Å². The molecule has 3 aliphatic rings. The lowest BCUT2D eigenvalue weighted by atomic mass is 10.0. The molecule has 2 aromatic heterocycles. The number of urea groups is 1. The third kappa shape index (κ3) is 2.96. The molecule has 0 spiro atoms. The molecule has 0 unspecified atom stereocenters. The van der Waals surface area contributed by atoms with E-state index in [0.29, 0.717) is 28.2 Å². The second-order valence-corrected chi connectivity index (χ2v) is 9.68. The lowest BCUT2D eigenvalue weighted by Gasteiger charge is -2.30. The van der Waals surface area contributed by atoms with Crippen molar-refractivity contribution in [3.8, 4) is 0 Å². The quantitative estimate of drug-likeness (QED) is 0.631. The molecule has 9 heteroatoms. The van der Waals surface area contributed by atoms with Gasteiger partial charge in [0.05, 0.1) is 11.7 Å². The number of anilines is 2. The first kappa shape index (κ1) is 19.8. The Morgan fingerprint density at radius 3 is 2.94 bits per heavy atom. The van der Waals surface area contributed by atoms with Gasteiger partial charge >= 0.3 is 6.03 Å². The lowest BCUT2D eigenvalue weighted by Crippen LogP contribution is -2.34. The molecule has 0 radical (unpaired) electrons. The first-order valence-electron chi connectivity index (χ1n) is 11.1. The lowest BCUT2D eigenvalue weighted by molar-refractivity contribution is 0.221. The van der Waals surface area contributed by atoms with Crippen molar-refractivity contribution in [3.05, 3.63) is 53.1 Å². The number of hydrogen-bond acceptors (Lipinski definition) is 4. The fraction of sp³-hybridized carbons (Fsp3) is 0.435. The summed E-state index contributed by atoms with van der Waals surface area (Å²) in [7, 11) is 0. The predicted molar refractivity (Wildman–Crippen MR) is 121 cm³/mol. The first-order chi connectivity index (χ1) is 15.5. The van der Waals surface area contributed by atoms with E-state index in [9.17, 15) is 9.18 Å². The van der Waals surface area contributed by atoms with Crippen LogP contribution in [0.15, 0.2) is 36.7 Å². The molecule has 3 fully saturated rings. The third-order valence-electron chi connectivity index (χ3n) is 7.23. The molecular weight excluding hydrogens is 431 g/mol. The Balaban J connectivity index is 1.33. The summed E-state index contributed by atoms with van der Waals surface area (Å²) in [6.07, 6.45) is 6.44. The monoisotopic (exact) mass is 454 g/mol. The molecule has 0 bridgehead atoms. The maximum Gasteiger partial charge on any atom is 0.321 e. The number of carbonyl (C=O) groups excluding carboxylic acids is 1. The Kier molecular flexibility index (Phi) is 4.37. The van der Waals surface area contributed by atoms with Gasteiger partial charge in [0.1, 0.15) is 17.3 Å². The van der Waals surface area contributed by atoms with Crippen molar-refractivity contribution in [3.63, 3.8) is 0 Å². The minimum Gasteiger partial charge on any atom is -0.346 e. The number of hydrogen-bond donors (Lipinski definition) is 1. The summed E-state index contributed by atoms with van der Waals surface area (Å²) in [5, 5.41) is 7.90. The standard InChI is InChI=1S/C23H24ClFN6O/c1-14-4-7-29(13-14)22(32)27-19-12-26-31-9-6-20(28-21(19)31)30-8-5-15-11-23(15,30)17-10-16(25)2-3-18(17)24/h2-3,6,9-10,12,14-15H,4-5,7-8,11,13H2,1H3,(H,27,32)/t14-,15+,23-/m1/s1. The van der Waals surface area contributed by atoms with Crippen molar-refractivity contribution >= 4 is 34.8 Å². The van der Waals surface area contributed by atoms with Crippen molar-refractivity contribution in [2.75, 3.05) is 29.9 Å². The second-order valence-electron chi connectivity index (χ2n) is 9.27. The largest absolute Gasteiger partial charge is 0.346 e. The minimum atomic E-state index is -0.320. The molecule has 2 aliphatic heterocycles. The van der Waals surface area contributed by atoms with Gasteiger partial charge in [-0.2, -0.15) is 5.10 Å². The molecule has 1 aliphatic carbocycles. The number of likely N-dealkylation sites (tertiary alicyclic amines) is 1. The van der Waals surface area contributed by atoms with Crippen LogP contribution in [-0.2, 0) is 5.54 Å². The van der Waals surface area contributed by atoms with Crippen molar-refractivity contribution in [1.82, 2.24) is 19.5 Å². The number of fused-ring (bicyclic) bond motifs is 2. The summed E-state index contributed by atoms with van der Waals surface area (Å²) in [4.78, 5) is 21.6. The number of halogens is 2. The fourth-order valence-electron chi connectivity index (χ4n) is 5.51. The van der Waals surface area contributed by atoms with E-state index in [-0.39, 0.29) is 17.4 Å². The normalized spacial score (nSPS) is 26.6. The van der Waals surface area contributed by atoms with Gasteiger partial charge in [0.15, 0.2) is 5.65 Å². The van der Waals surface area contributed by atoms with Crippen LogP contribution in [0, 0.1) is 17.7 Å². The van der Waals surface area contributed by atoms with Crippen molar-refractivity contribution in [1.29, 1.82) is 0 Å². The van der Waals surface area contributed by atoms with E-state index in [1.807, 2.05) is 17.2 Å². The van der Waals surface area contributed by atoms with Gasteiger partial charge in [-0.1, -0.05) is 18.5 Å². The molecule has 1 saturated carbocycles. The summed E-state index contributed by atoms with van der Waals surface area (Å²) in [5.41, 5.74) is 1.68. The Hall–Kier alpha value is -2.87. The van der Waals surface area contributed by atoms with Gasteiger partial charge in [0.25, 0.3) is 0 Å². The van der Waals surface area contributed by atoms with Crippen molar-refractivity contribution in [2.24, 2.45) is 11.8 Å². The van der Waals surface area contributed by atoms with Crippen LogP contribution in [-0.4, -0.2) is 45.2 Å². The first-order valence-corrected chi connectivity index (χ1v) is 11.5. The van der Waals surface area contributed by atoms with Gasteiger partial charge < -0.3 is 15.1 Å². The van der Waals surface area contributed by atoms with Crippen LogP contribution >= 0.6 is 11.6 Å². The highest BCUT2D eigenvalue weighted by Crippen LogP contribution is 2.64. The molecule has 7 nitrogen and oxygen atoms in total. The van der Waals surface area contributed by atoms with Gasteiger partial charge in [-0.25, -0.2) is 18.7 Å². The highest BCUT2D eigenvalue weighted by molar-refractivity contribution is 6.31. The third-order valence-corrected chi connectivity index (χ3v) is 7.56. The van der Waals surface area contributed by atoms with Crippen LogP contribution < -0.4 is 10.2 Å². The molecule has 1 N–H and O–H groups in total. The molecular formula is C23H24ClFN6O. The zero-order valence-electron chi connectivity index (χ0n) is 17.8. The van der Waals surface area contributed by atoms with E-state index in [1.54, 1.807) is 22.8 Å². The van der Waals surface area contributed by atoms with Gasteiger partial charge in [0.2, 0.25) is 0 Å². The van der Waals surface area contributed by atoms with Crippen molar-refractivity contribution < 1.29 is 9.18 Å². The summed E-state index contributed by atoms with van der Waals surface area (Å²) in [6, 6.07) is 6.38. The van der Waals surface area contributed by atoms with Gasteiger partial charge in [-0.3, -0.25) is 0 Å². The SMILES string of the molecule is C[C@@H]1CCN(C(=O)Nc2cnn3ccc(N4CC[C@H]5C[C@]54c4cc(F)ccc4Cl)nc23)C1. The number of amides is 2. The number of benzene rings is 1. The van der Waals surface area contributed by atoms with Crippen LogP contribution in [0.4, 0.5) is 20.7 Å². The molecule has 6 rings (SSSR count). The number of nitrogens with one attached hydrogen (secondary N) is 1. The second kappa shape index (κ2) is 7.07. The highest BCUT2D eigenvalue weighted by atomic mass is 35.5. The number of nitrogens with zero attached hydrogens (tertiary/aromatic N) is 5. The molecule has 3 atom stereocenters.